The minimum atomic E-state index is -0.333. The van der Waals surface area contributed by atoms with E-state index < -0.39 is 0 Å². The van der Waals surface area contributed by atoms with Crippen molar-refractivity contribution < 1.29 is 14.0 Å². The van der Waals surface area contributed by atoms with Crippen LogP contribution >= 0.6 is 11.8 Å². The first-order valence-electron chi connectivity index (χ1n) is 8.56. The fourth-order valence-corrected chi connectivity index (χ4v) is 3.62. The Morgan fingerprint density at radius 3 is 2.57 bits per heavy atom. The van der Waals surface area contributed by atoms with Gasteiger partial charge in [0.25, 0.3) is 0 Å². The molecule has 0 bridgehead atoms. The van der Waals surface area contributed by atoms with Crippen molar-refractivity contribution in [2.75, 3.05) is 5.75 Å². The fraction of sp³-hybridized carbons (Fsp3) is 0.150. The van der Waals surface area contributed by atoms with Gasteiger partial charge in [-0.1, -0.05) is 23.9 Å². The molecule has 0 aliphatic rings. The topological polar surface area (TPSA) is 77.2 Å². The third-order valence-electron chi connectivity index (χ3n) is 4.06. The van der Waals surface area contributed by atoms with Crippen LogP contribution in [0.2, 0.25) is 0 Å². The van der Waals surface area contributed by atoms with Crippen LogP contribution < -0.4 is 0 Å². The van der Waals surface area contributed by atoms with E-state index in [1.165, 1.54) is 30.8 Å². The summed E-state index contributed by atoms with van der Waals surface area (Å²) >= 11 is 1.21. The molecule has 0 fully saturated rings. The number of benzene rings is 2. The van der Waals surface area contributed by atoms with Crippen LogP contribution in [0.5, 0.6) is 0 Å². The molecule has 2 aromatic carbocycles. The number of nitrogens with zero attached hydrogens (tertiary/aromatic N) is 4. The van der Waals surface area contributed by atoms with Gasteiger partial charge in [-0.2, -0.15) is 4.52 Å². The third kappa shape index (κ3) is 3.63. The molecule has 0 amide bonds. The van der Waals surface area contributed by atoms with Crippen LogP contribution in [0.25, 0.3) is 27.9 Å². The molecule has 6 nitrogen and oxygen atoms in total. The van der Waals surface area contributed by atoms with Gasteiger partial charge in [0.1, 0.15) is 11.6 Å². The van der Waals surface area contributed by atoms with Gasteiger partial charge in [0.15, 0.2) is 22.4 Å². The molecule has 2 heterocycles. The zero-order valence-corrected chi connectivity index (χ0v) is 15.7. The van der Waals surface area contributed by atoms with E-state index in [2.05, 4.69) is 15.1 Å². The van der Waals surface area contributed by atoms with Crippen LogP contribution in [0.1, 0.15) is 13.3 Å². The van der Waals surface area contributed by atoms with E-state index in [0.29, 0.717) is 22.2 Å². The van der Waals surface area contributed by atoms with Crippen molar-refractivity contribution in [2.24, 2.45) is 0 Å². The van der Waals surface area contributed by atoms with Crippen molar-refractivity contribution >= 4 is 39.9 Å². The molecular formula is C20H15FN4O2S. The predicted molar refractivity (Wildman–Crippen MR) is 105 cm³/mol. The summed E-state index contributed by atoms with van der Waals surface area (Å²) in [6.07, 6.45) is -0.0953. The molecule has 0 aliphatic heterocycles. The summed E-state index contributed by atoms with van der Waals surface area (Å²) in [5.74, 6) is -0.109. The minimum absolute atomic E-state index is 0.0953. The molecule has 0 radical (unpaired) electrons. The highest BCUT2D eigenvalue weighted by Crippen LogP contribution is 2.26. The maximum Gasteiger partial charge on any atom is 0.192 e. The Kier molecular flexibility index (Phi) is 4.87. The molecule has 0 atom stereocenters. The number of para-hydroxylation sites is 1. The summed E-state index contributed by atoms with van der Waals surface area (Å²) in [4.78, 5) is 32.3. The largest absolute Gasteiger partial charge is 0.300 e. The lowest BCUT2D eigenvalue weighted by atomic mass is 10.2. The van der Waals surface area contributed by atoms with Crippen LogP contribution in [0, 0.1) is 5.82 Å². The van der Waals surface area contributed by atoms with E-state index in [4.69, 9.17) is 0 Å². The van der Waals surface area contributed by atoms with Crippen molar-refractivity contribution in [3.8, 4) is 11.4 Å². The van der Waals surface area contributed by atoms with E-state index in [0.717, 1.165) is 10.9 Å². The SMILES string of the molecule is CC(=O)CC(=O)CSc1nc2ccccc2c2nc(-c3ccc(F)cc3)nn12. The summed E-state index contributed by atoms with van der Waals surface area (Å²) in [6.45, 7) is 1.39. The van der Waals surface area contributed by atoms with Gasteiger partial charge in [-0.05, 0) is 43.3 Å². The van der Waals surface area contributed by atoms with Gasteiger partial charge in [0, 0.05) is 10.9 Å². The first-order valence-corrected chi connectivity index (χ1v) is 9.55. The average molecular weight is 394 g/mol. The molecule has 0 N–H and O–H groups in total. The van der Waals surface area contributed by atoms with Gasteiger partial charge < -0.3 is 0 Å². The number of Topliss-reactive ketones (excluding diaryl/α,β-unsaturated/α-hetero) is 2. The van der Waals surface area contributed by atoms with Crippen molar-refractivity contribution in [1.29, 1.82) is 0 Å². The minimum Gasteiger partial charge on any atom is -0.300 e. The van der Waals surface area contributed by atoms with Crippen LogP contribution in [0.15, 0.2) is 53.7 Å². The van der Waals surface area contributed by atoms with Crippen LogP contribution in [0.4, 0.5) is 4.39 Å². The summed E-state index contributed by atoms with van der Waals surface area (Å²) in [6, 6.07) is 13.5. The molecular weight excluding hydrogens is 379 g/mol. The lowest BCUT2D eigenvalue weighted by molar-refractivity contribution is -0.124. The molecule has 28 heavy (non-hydrogen) atoms. The van der Waals surface area contributed by atoms with E-state index in [-0.39, 0.29) is 29.6 Å². The quantitative estimate of drug-likeness (QED) is 0.282. The van der Waals surface area contributed by atoms with Crippen LogP contribution in [-0.4, -0.2) is 36.9 Å². The second kappa shape index (κ2) is 7.47. The lowest BCUT2D eigenvalue weighted by Gasteiger charge is -2.05. The predicted octanol–water partition coefficient (Wildman–Crippen LogP) is 3.72. The maximum atomic E-state index is 13.2. The zero-order valence-electron chi connectivity index (χ0n) is 14.9. The molecule has 0 unspecified atom stereocenters. The molecule has 4 rings (SSSR count). The molecule has 2 aromatic heterocycles. The number of fused-ring (bicyclic) bond motifs is 3. The number of halogens is 1. The number of carbonyl (C=O) groups excluding carboxylic acids is 2. The Bertz CT molecular complexity index is 1200. The molecule has 4 aromatic rings. The number of carbonyl (C=O) groups is 2. The number of rotatable bonds is 6. The second-order valence-corrected chi connectivity index (χ2v) is 7.24. The van der Waals surface area contributed by atoms with E-state index in [1.54, 1.807) is 16.6 Å². The Balaban J connectivity index is 1.80. The van der Waals surface area contributed by atoms with Crippen LogP contribution in [0.3, 0.4) is 0 Å². The van der Waals surface area contributed by atoms with Crippen molar-refractivity contribution in [3.63, 3.8) is 0 Å². The van der Waals surface area contributed by atoms with Gasteiger partial charge in [0.2, 0.25) is 0 Å². The molecule has 8 heteroatoms. The number of thioether (sulfide) groups is 1. The third-order valence-corrected chi connectivity index (χ3v) is 5.05. The normalized spacial score (nSPS) is 11.2. The highest BCUT2D eigenvalue weighted by molar-refractivity contribution is 7.99. The first-order chi connectivity index (χ1) is 13.5. The average Bonchev–Trinajstić information content (AvgIpc) is 3.12. The summed E-state index contributed by atoms with van der Waals surface area (Å²) in [7, 11) is 0. The monoisotopic (exact) mass is 394 g/mol. The van der Waals surface area contributed by atoms with Crippen molar-refractivity contribution in [2.45, 2.75) is 18.5 Å². The van der Waals surface area contributed by atoms with Crippen LogP contribution in [-0.2, 0) is 9.59 Å². The Hall–Kier alpha value is -3.13. The molecule has 0 saturated heterocycles. The number of ketones is 2. The summed E-state index contributed by atoms with van der Waals surface area (Å²) < 4.78 is 14.8. The maximum absolute atomic E-state index is 13.2. The summed E-state index contributed by atoms with van der Waals surface area (Å²) in [5, 5.41) is 5.85. The molecule has 140 valence electrons. The van der Waals surface area contributed by atoms with E-state index in [9.17, 15) is 14.0 Å². The van der Waals surface area contributed by atoms with E-state index in [1.807, 2.05) is 24.3 Å². The Labute approximate surface area is 163 Å². The van der Waals surface area contributed by atoms with Crippen molar-refractivity contribution in [1.82, 2.24) is 19.6 Å². The van der Waals surface area contributed by atoms with Gasteiger partial charge in [-0.25, -0.2) is 14.4 Å². The molecule has 0 spiro atoms. The first kappa shape index (κ1) is 18.2. The lowest BCUT2D eigenvalue weighted by Crippen LogP contribution is -2.08. The molecule has 0 saturated carbocycles. The van der Waals surface area contributed by atoms with Gasteiger partial charge >= 0.3 is 0 Å². The number of hydrogen-bond acceptors (Lipinski definition) is 6. The number of hydrogen-bond donors (Lipinski definition) is 0. The second-order valence-electron chi connectivity index (χ2n) is 6.30. The summed E-state index contributed by atoms with van der Waals surface area (Å²) in [5.41, 5.74) is 2.01. The smallest absolute Gasteiger partial charge is 0.192 e. The number of aromatic nitrogens is 4. The highest BCUT2D eigenvalue weighted by Gasteiger charge is 2.16. The van der Waals surface area contributed by atoms with Crippen molar-refractivity contribution in [3.05, 3.63) is 54.3 Å². The van der Waals surface area contributed by atoms with Gasteiger partial charge in [-0.15, -0.1) is 5.10 Å². The fourth-order valence-electron chi connectivity index (χ4n) is 2.82. The van der Waals surface area contributed by atoms with Gasteiger partial charge in [0.05, 0.1) is 17.7 Å². The van der Waals surface area contributed by atoms with Gasteiger partial charge in [-0.3, -0.25) is 9.59 Å². The standard InChI is InChI=1S/C20H15FN4O2S/c1-12(26)10-15(27)11-28-20-22-17-5-3-2-4-16(17)19-23-18(24-25(19)20)13-6-8-14(21)9-7-13/h2-9H,10-11H2,1H3. The highest BCUT2D eigenvalue weighted by atomic mass is 32.2. The molecule has 0 aliphatic carbocycles. The Morgan fingerprint density at radius 1 is 1.07 bits per heavy atom. The zero-order chi connectivity index (χ0) is 19.7. The Morgan fingerprint density at radius 2 is 1.82 bits per heavy atom. The van der Waals surface area contributed by atoms with E-state index >= 15 is 0 Å².